The zero-order valence-corrected chi connectivity index (χ0v) is 11.7. The maximum absolute atomic E-state index is 11.9. The van der Waals surface area contributed by atoms with Gasteiger partial charge in [0.15, 0.2) is 0 Å². The number of rotatable bonds is 5. The number of amides is 2. The lowest BCUT2D eigenvalue weighted by atomic mass is 10.00. The summed E-state index contributed by atoms with van der Waals surface area (Å²) in [6.45, 7) is 3.24. The average molecular weight is 276 g/mol. The third kappa shape index (κ3) is 3.10. The summed E-state index contributed by atoms with van der Waals surface area (Å²) in [5.41, 5.74) is -0.0180. The number of carboxylic acids is 1. The summed E-state index contributed by atoms with van der Waals surface area (Å²) in [6.07, 6.45) is 1.23. The molecule has 1 fully saturated rings. The van der Waals surface area contributed by atoms with Gasteiger partial charge in [0.1, 0.15) is 5.54 Å². The highest BCUT2D eigenvalue weighted by atomic mass is 16.4. The summed E-state index contributed by atoms with van der Waals surface area (Å²) in [7, 11) is 0. The van der Waals surface area contributed by atoms with Crippen LogP contribution in [0.15, 0.2) is 30.3 Å². The van der Waals surface area contributed by atoms with Gasteiger partial charge in [0.05, 0.1) is 0 Å². The van der Waals surface area contributed by atoms with Crippen molar-refractivity contribution < 1.29 is 14.7 Å². The van der Waals surface area contributed by atoms with Crippen LogP contribution in [-0.2, 0) is 4.79 Å². The first-order valence-electron chi connectivity index (χ1n) is 6.83. The molecule has 5 nitrogen and oxygen atoms in total. The van der Waals surface area contributed by atoms with Crippen LogP contribution in [0.3, 0.4) is 0 Å². The summed E-state index contributed by atoms with van der Waals surface area (Å²) in [4.78, 5) is 23.0. The molecular weight excluding hydrogens is 256 g/mol. The molecule has 0 heterocycles. The second-order valence-electron chi connectivity index (χ2n) is 5.45. The highest BCUT2D eigenvalue weighted by Gasteiger charge is 2.41. The fraction of sp³-hybridized carbons (Fsp3) is 0.467. The third-order valence-electron chi connectivity index (χ3n) is 3.90. The summed E-state index contributed by atoms with van der Waals surface area (Å²) in [6, 6.07) is 9.66. The quantitative estimate of drug-likeness (QED) is 0.770. The van der Waals surface area contributed by atoms with E-state index in [-0.39, 0.29) is 6.04 Å². The van der Waals surface area contributed by atoms with Crippen molar-refractivity contribution in [3.05, 3.63) is 35.9 Å². The van der Waals surface area contributed by atoms with Crippen molar-refractivity contribution in [3.8, 4) is 0 Å². The van der Waals surface area contributed by atoms with Crippen molar-refractivity contribution >= 4 is 12.0 Å². The van der Waals surface area contributed by atoms with Crippen molar-refractivity contribution in [1.82, 2.24) is 10.6 Å². The van der Waals surface area contributed by atoms with E-state index in [1.54, 1.807) is 6.92 Å². The van der Waals surface area contributed by atoms with E-state index in [2.05, 4.69) is 10.6 Å². The molecule has 1 aliphatic rings. The first-order valence-corrected chi connectivity index (χ1v) is 6.83. The second kappa shape index (κ2) is 5.53. The van der Waals surface area contributed by atoms with Crippen LogP contribution in [0.4, 0.5) is 4.79 Å². The Morgan fingerprint density at radius 3 is 2.55 bits per heavy atom. The number of aliphatic carboxylic acids is 1. The maximum Gasteiger partial charge on any atom is 0.329 e. The van der Waals surface area contributed by atoms with Crippen LogP contribution in [0.5, 0.6) is 0 Å². The Hall–Kier alpha value is -2.04. The monoisotopic (exact) mass is 276 g/mol. The van der Waals surface area contributed by atoms with E-state index in [4.69, 9.17) is 5.11 Å². The van der Waals surface area contributed by atoms with Crippen LogP contribution in [0, 0.1) is 0 Å². The Morgan fingerprint density at radius 2 is 2.00 bits per heavy atom. The van der Waals surface area contributed by atoms with Gasteiger partial charge in [-0.15, -0.1) is 0 Å². The van der Waals surface area contributed by atoms with Crippen molar-refractivity contribution in [2.75, 3.05) is 0 Å². The van der Waals surface area contributed by atoms with Crippen molar-refractivity contribution in [2.24, 2.45) is 0 Å². The Balaban J connectivity index is 1.87. The van der Waals surface area contributed by atoms with Crippen LogP contribution in [0.2, 0.25) is 0 Å². The zero-order valence-electron chi connectivity index (χ0n) is 11.7. The number of nitrogens with one attached hydrogen (secondary N) is 2. The van der Waals surface area contributed by atoms with E-state index in [9.17, 15) is 9.59 Å². The number of carbonyl (C=O) groups excluding carboxylic acids is 1. The number of carbonyl (C=O) groups is 2. The first kappa shape index (κ1) is 14.4. The minimum Gasteiger partial charge on any atom is -0.480 e. The lowest BCUT2D eigenvalue weighted by Crippen LogP contribution is -2.55. The minimum atomic E-state index is -1.22. The average Bonchev–Trinajstić information content (AvgIpc) is 3.18. The standard InChI is InChI=1S/C15H20N2O3/c1-3-15(2,13(18)19)17-14(20)16-12-9-11(12)10-7-5-4-6-8-10/h4-8,11-12H,3,9H2,1-2H3,(H,18,19)(H2,16,17,20). The van der Waals surface area contributed by atoms with E-state index < -0.39 is 17.5 Å². The fourth-order valence-corrected chi connectivity index (χ4v) is 2.17. The molecule has 3 N–H and O–H groups in total. The number of hydrogen-bond donors (Lipinski definition) is 3. The van der Waals surface area contributed by atoms with E-state index in [1.807, 2.05) is 30.3 Å². The SMILES string of the molecule is CCC(C)(NC(=O)NC1CC1c1ccccc1)C(=O)O. The van der Waals surface area contributed by atoms with Gasteiger partial charge in [-0.3, -0.25) is 0 Å². The number of urea groups is 1. The molecule has 0 radical (unpaired) electrons. The summed E-state index contributed by atoms with van der Waals surface area (Å²) < 4.78 is 0. The fourth-order valence-electron chi connectivity index (χ4n) is 2.17. The van der Waals surface area contributed by atoms with Gasteiger partial charge in [0.2, 0.25) is 0 Å². The topological polar surface area (TPSA) is 78.4 Å². The summed E-state index contributed by atoms with van der Waals surface area (Å²) in [5.74, 6) is -0.690. The Labute approximate surface area is 118 Å². The van der Waals surface area contributed by atoms with E-state index in [0.717, 1.165) is 6.42 Å². The van der Waals surface area contributed by atoms with Crippen molar-refractivity contribution in [2.45, 2.75) is 44.2 Å². The van der Waals surface area contributed by atoms with Gasteiger partial charge in [0, 0.05) is 12.0 Å². The van der Waals surface area contributed by atoms with Gasteiger partial charge >= 0.3 is 12.0 Å². The predicted octanol–water partition coefficient (Wildman–Crippen LogP) is 2.09. The molecule has 1 aromatic rings. The molecule has 0 saturated heterocycles. The Morgan fingerprint density at radius 1 is 1.35 bits per heavy atom. The van der Waals surface area contributed by atoms with Crippen molar-refractivity contribution in [1.29, 1.82) is 0 Å². The van der Waals surface area contributed by atoms with E-state index in [0.29, 0.717) is 12.3 Å². The predicted molar refractivity (Wildman–Crippen MR) is 75.6 cm³/mol. The molecule has 0 aliphatic heterocycles. The largest absolute Gasteiger partial charge is 0.480 e. The summed E-state index contributed by atoms with van der Waals surface area (Å²) in [5, 5.41) is 14.5. The molecule has 1 saturated carbocycles. The van der Waals surface area contributed by atoms with Crippen LogP contribution in [-0.4, -0.2) is 28.7 Å². The van der Waals surface area contributed by atoms with Gasteiger partial charge in [-0.25, -0.2) is 9.59 Å². The lowest BCUT2D eigenvalue weighted by molar-refractivity contribution is -0.143. The van der Waals surface area contributed by atoms with Gasteiger partial charge in [0.25, 0.3) is 0 Å². The molecule has 1 aliphatic carbocycles. The van der Waals surface area contributed by atoms with Crippen LogP contribution in [0.25, 0.3) is 0 Å². The molecule has 0 bridgehead atoms. The smallest absolute Gasteiger partial charge is 0.329 e. The Kier molecular flexibility index (Phi) is 3.97. The molecule has 3 atom stereocenters. The molecular formula is C15H20N2O3. The van der Waals surface area contributed by atoms with Crippen LogP contribution in [0.1, 0.15) is 38.2 Å². The number of carboxylic acid groups (broad SMARTS) is 1. The molecule has 108 valence electrons. The first-order chi connectivity index (χ1) is 9.46. The molecule has 0 aromatic heterocycles. The number of hydrogen-bond acceptors (Lipinski definition) is 2. The van der Waals surface area contributed by atoms with Gasteiger partial charge in [-0.05, 0) is 25.3 Å². The molecule has 3 unspecified atom stereocenters. The zero-order chi connectivity index (χ0) is 14.8. The minimum absolute atomic E-state index is 0.0901. The molecule has 0 spiro atoms. The highest BCUT2D eigenvalue weighted by Crippen LogP contribution is 2.40. The third-order valence-corrected chi connectivity index (χ3v) is 3.90. The van der Waals surface area contributed by atoms with E-state index >= 15 is 0 Å². The molecule has 20 heavy (non-hydrogen) atoms. The highest BCUT2D eigenvalue weighted by molar-refractivity contribution is 5.86. The second-order valence-corrected chi connectivity index (χ2v) is 5.45. The lowest BCUT2D eigenvalue weighted by Gasteiger charge is -2.24. The Bertz CT molecular complexity index is 503. The van der Waals surface area contributed by atoms with Gasteiger partial charge < -0.3 is 15.7 Å². The van der Waals surface area contributed by atoms with Crippen molar-refractivity contribution in [3.63, 3.8) is 0 Å². The molecule has 1 aromatic carbocycles. The summed E-state index contributed by atoms with van der Waals surface area (Å²) >= 11 is 0. The molecule has 5 heteroatoms. The maximum atomic E-state index is 11.9. The van der Waals surface area contributed by atoms with E-state index in [1.165, 1.54) is 12.5 Å². The normalized spacial score (nSPS) is 23.5. The number of benzene rings is 1. The van der Waals surface area contributed by atoms with Gasteiger partial charge in [-0.1, -0.05) is 37.3 Å². The van der Waals surface area contributed by atoms with Crippen LogP contribution < -0.4 is 10.6 Å². The molecule has 2 rings (SSSR count). The van der Waals surface area contributed by atoms with Crippen LogP contribution >= 0.6 is 0 Å². The molecule has 2 amide bonds. The van der Waals surface area contributed by atoms with Gasteiger partial charge in [-0.2, -0.15) is 0 Å².